The van der Waals surface area contributed by atoms with Crippen molar-refractivity contribution in [3.8, 4) is 5.75 Å². The Balaban J connectivity index is 1.37. The van der Waals surface area contributed by atoms with Crippen LogP contribution >= 0.6 is 0 Å². The minimum atomic E-state index is -0.398. The van der Waals surface area contributed by atoms with Crippen LogP contribution in [0.1, 0.15) is 18.9 Å². The van der Waals surface area contributed by atoms with Crippen molar-refractivity contribution in [1.29, 1.82) is 0 Å². The molecule has 6 nitrogen and oxygen atoms in total. The number of hydrogen-bond donors (Lipinski definition) is 1. The Kier molecular flexibility index (Phi) is 4.66. The molecule has 1 amide bonds. The van der Waals surface area contributed by atoms with E-state index in [0.29, 0.717) is 31.7 Å². The number of carbonyl (C=O) groups excluding carboxylic acids is 1. The Labute approximate surface area is 155 Å². The lowest BCUT2D eigenvalue weighted by molar-refractivity contribution is -0.134. The summed E-state index contributed by atoms with van der Waals surface area (Å²) in [5, 5.41) is 0. The Morgan fingerprint density at radius 2 is 1.93 bits per heavy atom. The largest absolute Gasteiger partial charge is 0.484 e. The van der Waals surface area contributed by atoms with Crippen LogP contribution in [-0.4, -0.2) is 40.1 Å². The Bertz CT molecular complexity index is 1020. The molecule has 0 bridgehead atoms. The van der Waals surface area contributed by atoms with Crippen molar-refractivity contribution < 1.29 is 13.9 Å². The topological polar surface area (TPSA) is 67.3 Å². The number of H-pyrrole nitrogens is 1. The molecule has 1 aromatic heterocycles. The number of likely N-dealkylation sites (tertiary alicyclic amines) is 1. The predicted molar refractivity (Wildman–Crippen MR) is 99.3 cm³/mol. The van der Waals surface area contributed by atoms with Crippen molar-refractivity contribution in [3.63, 3.8) is 0 Å². The maximum absolute atomic E-state index is 13.2. The number of para-hydroxylation sites is 2. The molecule has 27 heavy (non-hydrogen) atoms. The van der Waals surface area contributed by atoms with E-state index in [2.05, 4.69) is 4.98 Å². The van der Waals surface area contributed by atoms with E-state index in [1.807, 2.05) is 24.3 Å². The molecule has 7 heteroatoms. The maximum Gasteiger partial charge on any atom is 0.326 e. The zero-order valence-corrected chi connectivity index (χ0v) is 14.7. The van der Waals surface area contributed by atoms with E-state index >= 15 is 0 Å². The summed E-state index contributed by atoms with van der Waals surface area (Å²) in [6.07, 6.45) is 1.40. The van der Waals surface area contributed by atoms with Gasteiger partial charge in [0.1, 0.15) is 11.6 Å². The number of ether oxygens (including phenoxy) is 1. The molecular formula is C20H20FN3O3. The molecule has 0 saturated carbocycles. The summed E-state index contributed by atoms with van der Waals surface area (Å²) in [4.78, 5) is 29.3. The van der Waals surface area contributed by atoms with E-state index in [-0.39, 0.29) is 24.2 Å². The zero-order chi connectivity index (χ0) is 18.8. The van der Waals surface area contributed by atoms with Gasteiger partial charge in [-0.25, -0.2) is 9.18 Å². The molecule has 1 N–H and O–H groups in total. The normalized spacial score (nSPS) is 15.2. The fourth-order valence-electron chi connectivity index (χ4n) is 3.60. The van der Waals surface area contributed by atoms with E-state index in [4.69, 9.17) is 4.74 Å². The lowest BCUT2D eigenvalue weighted by Crippen LogP contribution is -2.42. The first-order chi connectivity index (χ1) is 13.1. The number of imidazole rings is 1. The molecule has 140 valence electrons. The van der Waals surface area contributed by atoms with Crippen molar-refractivity contribution >= 4 is 16.9 Å². The van der Waals surface area contributed by atoms with Crippen LogP contribution in [0.3, 0.4) is 0 Å². The molecule has 0 atom stereocenters. The zero-order valence-electron chi connectivity index (χ0n) is 14.7. The van der Waals surface area contributed by atoms with Crippen molar-refractivity contribution in [3.05, 3.63) is 64.8 Å². The Morgan fingerprint density at radius 3 is 2.70 bits per heavy atom. The lowest BCUT2D eigenvalue weighted by Gasteiger charge is -2.32. The number of hydrogen-bond acceptors (Lipinski definition) is 3. The third-order valence-electron chi connectivity index (χ3n) is 4.96. The highest BCUT2D eigenvalue weighted by atomic mass is 19.1. The summed E-state index contributed by atoms with van der Waals surface area (Å²) in [6, 6.07) is 13.4. The number of piperidine rings is 1. The molecule has 1 aliphatic rings. The fraction of sp³-hybridized carbons (Fsp3) is 0.300. The standard InChI is InChI=1S/C20H20FN3O3/c21-14-4-3-5-16(12-14)27-13-19(25)23-10-8-15(9-11-23)24-18-7-2-1-6-17(18)22-20(24)26/h1-7,12,15H,8-11,13H2,(H,22,26). The number of carbonyl (C=O) groups is 1. The predicted octanol–water partition coefficient (Wildman–Crippen LogP) is 2.71. The maximum atomic E-state index is 13.2. The number of fused-ring (bicyclic) bond motifs is 1. The van der Waals surface area contributed by atoms with Crippen LogP contribution in [0.4, 0.5) is 4.39 Å². The molecule has 1 saturated heterocycles. The van der Waals surface area contributed by atoms with Crippen LogP contribution < -0.4 is 10.4 Å². The molecule has 0 unspecified atom stereocenters. The SMILES string of the molecule is O=C(COc1cccc(F)c1)N1CCC(n2c(=O)[nH]c3ccccc32)CC1. The number of nitrogens with zero attached hydrogens (tertiary/aromatic N) is 2. The van der Waals surface area contributed by atoms with E-state index in [0.717, 1.165) is 11.0 Å². The first-order valence-corrected chi connectivity index (χ1v) is 8.97. The fourth-order valence-corrected chi connectivity index (χ4v) is 3.60. The molecule has 2 aromatic carbocycles. The summed E-state index contributed by atoms with van der Waals surface area (Å²) < 4.78 is 20.3. The van der Waals surface area contributed by atoms with Crippen molar-refractivity contribution in [2.75, 3.05) is 19.7 Å². The number of benzene rings is 2. The molecule has 4 rings (SSSR count). The second-order valence-corrected chi connectivity index (χ2v) is 6.68. The first kappa shape index (κ1) is 17.3. The quantitative estimate of drug-likeness (QED) is 0.769. The van der Waals surface area contributed by atoms with Gasteiger partial charge >= 0.3 is 5.69 Å². The average Bonchev–Trinajstić information content (AvgIpc) is 3.02. The highest BCUT2D eigenvalue weighted by molar-refractivity contribution is 5.78. The molecule has 0 spiro atoms. The van der Waals surface area contributed by atoms with Crippen molar-refractivity contribution in [1.82, 2.24) is 14.5 Å². The number of rotatable bonds is 4. The molecule has 3 aromatic rings. The molecule has 0 radical (unpaired) electrons. The summed E-state index contributed by atoms with van der Waals surface area (Å²) in [5.74, 6) is -0.197. The van der Waals surface area contributed by atoms with E-state index in [1.54, 1.807) is 21.6 Å². The minimum absolute atomic E-state index is 0.0573. The lowest BCUT2D eigenvalue weighted by atomic mass is 10.0. The van der Waals surface area contributed by atoms with Gasteiger partial charge < -0.3 is 14.6 Å². The first-order valence-electron chi connectivity index (χ1n) is 8.97. The number of halogens is 1. The highest BCUT2D eigenvalue weighted by Gasteiger charge is 2.26. The minimum Gasteiger partial charge on any atom is -0.484 e. The van der Waals surface area contributed by atoms with Crippen LogP contribution in [0.15, 0.2) is 53.3 Å². The van der Waals surface area contributed by atoms with Crippen LogP contribution in [0.25, 0.3) is 11.0 Å². The Hall–Kier alpha value is -3.09. The molecule has 1 fully saturated rings. The number of amides is 1. The van der Waals surface area contributed by atoms with Gasteiger partial charge in [-0.05, 0) is 37.1 Å². The van der Waals surface area contributed by atoms with Gasteiger partial charge in [0.15, 0.2) is 6.61 Å². The third-order valence-corrected chi connectivity index (χ3v) is 4.96. The van der Waals surface area contributed by atoms with Gasteiger partial charge in [-0.2, -0.15) is 0 Å². The summed E-state index contributed by atoms with van der Waals surface area (Å²) >= 11 is 0. The van der Waals surface area contributed by atoms with Gasteiger partial charge in [-0.3, -0.25) is 9.36 Å². The third kappa shape index (κ3) is 3.58. The second kappa shape index (κ2) is 7.26. The number of nitrogens with one attached hydrogen (secondary N) is 1. The molecule has 0 aliphatic carbocycles. The average molecular weight is 369 g/mol. The van der Waals surface area contributed by atoms with Crippen molar-refractivity contribution in [2.24, 2.45) is 0 Å². The summed E-state index contributed by atoms with van der Waals surface area (Å²) in [6.45, 7) is 0.991. The number of aromatic nitrogens is 2. The Morgan fingerprint density at radius 1 is 1.15 bits per heavy atom. The van der Waals surface area contributed by atoms with Gasteiger partial charge in [0, 0.05) is 25.2 Å². The second-order valence-electron chi connectivity index (χ2n) is 6.68. The van der Waals surface area contributed by atoms with Gasteiger partial charge in [0.25, 0.3) is 5.91 Å². The highest BCUT2D eigenvalue weighted by Crippen LogP contribution is 2.25. The monoisotopic (exact) mass is 369 g/mol. The van der Waals surface area contributed by atoms with E-state index < -0.39 is 5.82 Å². The van der Waals surface area contributed by atoms with Crippen LogP contribution in [0.2, 0.25) is 0 Å². The molecule has 2 heterocycles. The van der Waals surface area contributed by atoms with Gasteiger partial charge in [-0.1, -0.05) is 18.2 Å². The smallest absolute Gasteiger partial charge is 0.326 e. The van der Waals surface area contributed by atoms with Gasteiger partial charge in [0.05, 0.1) is 11.0 Å². The summed E-state index contributed by atoms with van der Waals surface area (Å²) in [7, 11) is 0. The van der Waals surface area contributed by atoms with Gasteiger partial charge in [0.2, 0.25) is 0 Å². The van der Waals surface area contributed by atoms with Crippen LogP contribution in [-0.2, 0) is 4.79 Å². The van der Waals surface area contributed by atoms with Crippen LogP contribution in [0, 0.1) is 5.82 Å². The van der Waals surface area contributed by atoms with E-state index in [1.165, 1.54) is 12.1 Å². The van der Waals surface area contributed by atoms with E-state index in [9.17, 15) is 14.0 Å². The number of aromatic amines is 1. The van der Waals surface area contributed by atoms with Crippen molar-refractivity contribution in [2.45, 2.75) is 18.9 Å². The van der Waals surface area contributed by atoms with Gasteiger partial charge in [-0.15, -0.1) is 0 Å². The summed E-state index contributed by atoms with van der Waals surface area (Å²) in [5.41, 5.74) is 1.60. The van der Waals surface area contributed by atoms with Crippen LogP contribution in [0.5, 0.6) is 5.75 Å². The molecule has 1 aliphatic heterocycles. The molecular weight excluding hydrogens is 349 g/mol.